The lowest BCUT2D eigenvalue weighted by Crippen LogP contribution is -2.35. The van der Waals surface area contributed by atoms with Crippen molar-refractivity contribution in [2.24, 2.45) is 5.73 Å². The van der Waals surface area contributed by atoms with E-state index in [1.165, 1.54) is 22.9 Å². The molecule has 0 aliphatic rings. The molecule has 13 heteroatoms. The fourth-order valence-electron chi connectivity index (χ4n) is 4.80. The number of hydrogen-bond donors (Lipinski definition) is 7. The lowest BCUT2D eigenvalue weighted by Gasteiger charge is -2.18. The molecule has 0 aliphatic heterocycles. The summed E-state index contributed by atoms with van der Waals surface area (Å²) in [6, 6.07) is 16.8. The molecule has 0 saturated heterocycles. The van der Waals surface area contributed by atoms with E-state index >= 15 is 0 Å². The zero-order chi connectivity index (χ0) is 35.0. The third-order valence-electron chi connectivity index (χ3n) is 7.48. The van der Waals surface area contributed by atoms with Crippen LogP contribution in [-0.2, 0) is 24.5 Å². The Labute approximate surface area is 278 Å². The zero-order valence-electron chi connectivity index (χ0n) is 27.5. The Balaban J connectivity index is 1.65. The van der Waals surface area contributed by atoms with E-state index in [2.05, 4.69) is 20.9 Å². The summed E-state index contributed by atoms with van der Waals surface area (Å²) in [6.07, 6.45) is 2.19. The molecule has 252 valence electrons. The summed E-state index contributed by atoms with van der Waals surface area (Å²) in [5.41, 5.74) is 14.0. The average molecular weight is 655 g/mol. The van der Waals surface area contributed by atoms with Crippen molar-refractivity contribution in [1.82, 2.24) is 20.2 Å². The van der Waals surface area contributed by atoms with E-state index in [1.54, 1.807) is 18.2 Å². The van der Waals surface area contributed by atoms with Gasteiger partial charge in [0, 0.05) is 34.5 Å². The van der Waals surface area contributed by atoms with Crippen LogP contribution in [0.1, 0.15) is 61.2 Å². The van der Waals surface area contributed by atoms with Crippen LogP contribution in [0.25, 0.3) is 11.3 Å². The molecule has 9 N–H and O–H groups in total. The van der Waals surface area contributed by atoms with Gasteiger partial charge in [-0.2, -0.15) is 0 Å². The van der Waals surface area contributed by atoms with Crippen LogP contribution in [0.4, 0.5) is 11.5 Å². The van der Waals surface area contributed by atoms with Gasteiger partial charge in [0.05, 0.1) is 24.0 Å². The summed E-state index contributed by atoms with van der Waals surface area (Å²) in [5.74, 6) is -1.08. The predicted molar refractivity (Wildman–Crippen MR) is 186 cm³/mol. The van der Waals surface area contributed by atoms with Gasteiger partial charge < -0.3 is 37.3 Å². The van der Waals surface area contributed by atoms with Gasteiger partial charge in [-0.15, -0.1) is 0 Å². The first-order valence-electron chi connectivity index (χ1n) is 15.6. The molecule has 0 saturated carbocycles. The number of rotatable bonds is 14. The molecular formula is C35H42N8O5. The molecule has 4 aromatic rings. The fourth-order valence-corrected chi connectivity index (χ4v) is 4.80. The number of phenols is 1. The van der Waals surface area contributed by atoms with Gasteiger partial charge in [0.2, 0.25) is 5.91 Å². The summed E-state index contributed by atoms with van der Waals surface area (Å²) >= 11 is 0. The molecule has 0 radical (unpaired) electrons. The first-order valence-corrected chi connectivity index (χ1v) is 15.6. The fraction of sp³-hybridized carbons (Fsp3) is 0.286. The van der Waals surface area contributed by atoms with Crippen LogP contribution in [0.3, 0.4) is 0 Å². The highest BCUT2D eigenvalue weighted by molar-refractivity contribution is 5.97. The molecule has 1 aromatic heterocycles. The Morgan fingerprint density at radius 3 is 2.46 bits per heavy atom. The molecule has 2 amide bonds. The second-order valence-electron chi connectivity index (χ2n) is 11.7. The van der Waals surface area contributed by atoms with E-state index < -0.39 is 18.0 Å². The molecule has 0 aliphatic carbocycles. The lowest BCUT2D eigenvalue weighted by molar-refractivity contribution is -0.121. The van der Waals surface area contributed by atoms with E-state index in [1.807, 2.05) is 58.0 Å². The quantitative estimate of drug-likeness (QED) is 0.0599. The number of nitrogens with zero attached hydrogens (tertiary/aromatic N) is 2. The number of nitrogens with two attached hydrogens (primary N) is 2. The highest BCUT2D eigenvalue weighted by atomic mass is 16.5. The summed E-state index contributed by atoms with van der Waals surface area (Å²) < 4.78 is 7.24. The van der Waals surface area contributed by atoms with Crippen molar-refractivity contribution in [2.45, 2.75) is 65.9 Å². The number of phenolic OH excluding ortho intramolecular Hbond substituents is 1. The molecule has 1 heterocycles. The predicted octanol–water partition coefficient (Wildman–Crippen LogP) is 3.73. The molecule has 48 heavy (non-hydrogen) atoms. The summed E-state index contributed by atoms with van der Waals surface area (Å²) in [5, 5.41) is 27.3. The Bertz CT molecular complexity index is 1860. The number of hydrogen-bond acceptors (Lipinski definition) is 9. The van der Waals surface area contributed by atoms with Crippen LogP contribution in [0.2, 0.25) is 0 Å². The zero-order valence-corrected chi connectivity index (χ0v) is 27.5. The number of anilines is 2. The van der Waals surface area contributed by atoms with Gasteiger partial charge in [-0.25, -0.2) is 4.98 Å². The monoisotopic (exact) mass is 654 g/mol. The van der Waals surface area contributed by atoms with Gasteiger partial charge in [0.1, 0.15) is 30.5 Å². The Kier molecular flexibility index (Phi) is 11.4. The third kappa shape index (κ3) is 8.90. The molecular weight excluding hydrogens is 612 g/mol. The van der Waals surface area contributed by atoms with Crippen molar-refractivity contribution in [3.05, 3.63) is 99.5 Å². The highest BCUT2D eigenvalue weighted by Gasteiger charge is 2.20. The Morgan fingerprint density at radius 1 is 1.06 bits per heavy atom. The maximum absolute atomic E-state index is 13.7. The van der Waals surface area contributed by atoms with Crippen molar-refractivity contribution in [2.75, 3.05) is 11.1 Å². The van der Waals surface area contributed by atoms with Crippen molar-refractivity contribution < 1.29 is 19.4 Å². The third-order valence-corrected chi connectivity index (χ3v) is 7.48. The second-order valence-corrected chi connectivity index (χ2v) is 11.7. The minimum absolute atomic E-state index is 0.0502. The summed E-state index contributed by atoms with van der Waals surface area (Å²) in [4.78, 5) is 44.4. The number of carbonyl (C=O) groups is 2. The number of aromatic hydroxyl groups is 1. The topological polar surface area (TPSA) is 210 Å². The highest BCUT2D eigenvalue weighted by Crippen LogP contribution is 2.31. The number of aromatic nitrogens is 2. The van der Waals surface area contributed by atoms with Gasteiger partial charge >= 0.3 is 0 Å². The van der Waals surface area contributed by atoms with Gasteiger partial charge in [0.15, 0.2) is 5.82 Å². The van der Waals surface area contributed by atoms with Crippen molar-refractivity contribution >= 4 is 29.2 Å². The van der Waals surface area contributed by atoms with Crippen LogP contribution in [0.15, 0.2) is 71.7 Å². The first kappa shape index (κ1) is 35.0. The average Bonchev–Trinajstić information content (AvgIpc) is 3.04. The minimum atomic E-state index is -0.553. The number of carbonyl (C=O) groups excluding carboxylic acids is 2. The van der Waals surface area contributed by atoms with E-state index in [0.717, 1.165) is 12.0 Å². The van der Waals surface area contributed by atoms with Gasteiger partial charge in [-0.05, 0) is 63.1 Å². The van der Waals surface area contributed by atoms with E-state index in [9.17, 15) is 19.5 Å². The largest absolute Gasteiger partial charge is 0.507 e. The maximum Gasteiger partial charge on any atom is 0.294 e. The van der Waals surface area contributed by atoms with Gasteiger partial charge in [-0.1, -0.05) is 37.3 Å². The van der Waals surface area contributed by atoms with Crippen molar-refractivity contribution in [1.29, 1.82) is 5.41 Å². The van der Waals surface area contributed by atoms with Crippen molar-refractivity contribution in [3.8, 4) is 22.8 Å². The molecule has 0 fully saturated rings. The first-order chi connectivity index (χ1) is 22.9. The maximum atomic E-state index is 13.7. The number of amides is 2. The van der Waals surface area contributed by atoms with Crippen molar-refractivity contribution in [3.63, 3.8) is 0 Å². The Hall–Kier alpha value is -5.85. The molecule has 0 bridgehead atoms. The SMILES string of the molecule is CC[C@H](C)NC(=O)c1cc(N)cc(-c2cnc(NC(C)C)c(=O)n2CC(=O)NCc2c(O)cc(C(=N)N)cc2OCc2ccccc2)c1. The number of amidine groups is 1. The standard InChI is InChI=1S/C35H42N8O5/c1-5-21(4)42-34(46)25-11-23(12-26(36)13-25)28-17-40-33(41-20(2)3)35(47)43(28)18-31(45)39-16-27-29(44)14-24(32(37)38)15-30(27)48-19-22-9-7-6-8-10-22/h6-15,17,20-21,44H,5,16,18-19,36H2,1-4H3,(H3,37,38)(H,39,45)(H,40,41)(H,42,46)/t21-/m0/s1. The summed E-state index contributed by atoms with van der Waals surface area (Å²) in [6.45, 7) is 7.15. The number of benzene rings is 3. The summed E-state index contributed by atoms with van der Waals surface area (Å²) in [7, 11) is 0. The van der Waals surface area contributed by atoms with Crippen LogP contribution < -0.4 is 37.7 Å². The van der Waals surface area contributed by atoms with Crippen LogP contribution in [0, 0.1) is 5.41 Å². The molecule has 3 aromatic carbocycles. The number of nitrogen functional groups attached to an aromatic ring is 2. The van der Waals surface area contributed by atoms with Gasteiger partial charge in [-0.3, -0.25) is 24.4 Å². The molecule has 0 unspecified atom stereocenters. The molecule has 0 spiro atoms. The van der Waals surface area contributed by atoms with Crippen LogP contribution in [-0.4, -0.2) is 44.4 Å². The minimum Gasteiger partial charge on any atom is -0.507 e. The van der Waals surface area contributed by atoms with Crippen LogP contribution >= 0.6 is 0 Å². The van der Waals surface area contributed by atoms with E-state index in [0.29, 0.717) is 16.8 Å². The number of ether oxygens (including phenoxy) is 1. The number of nitrogens with one attached hydrogen (secondary N) is 4. The molecule has 13 nitrogen and oxygen atoms in total. The van der Waals surface area contributed by atoms with E-state index in [-0.39, 0.29) is 71.1 Å². The normalized spacial score (nSPS) is 11.5. The second kappa shape index (κ2) is 15.6. The Morgan fingerprint density at radius 2 is 1.79 bits per heavy atom. The molecule has 1 atom stereocenters. The molecule has 4 rings (SSSR count). The smallest absolute Gasteiger partial charge is 0.294 e. The van der Waals surface area contributed by atoms with Crippen LogP contribution in [0.5, 0.6) is 11.5 Å². The van der Waals surface area contributed by atoms with E-state index in [4.69, 9.17) is 21.6 Å². The lowest BCUT2D eigenvalue weighted by atomic mass is 10.1. The van der Waals surface area contributed by atoms with Gasteiger partial charge in [0.25, 0.3) is 11.5 Å².